The van der Waals surface area contributed by atoms with E-state index >= 15 is 0 Å². The Labute approximate surface area is 371 Å². The van der Waals surface area contributed by atoms with Gasteiger partial charge in [0.2, 0.25) is 0 Å². The summed E-state index contributed by atoms with van der Waals surface area (Å²) in [6, 6.07) is -0.723. The number of carbonyl (C=O) groups excluding carboxylic acids is 3. The zero-order valence-electron chi connectivity index (χ0n) is 40.1. The Morgan fingerprint density at radius 1 is 0.500 bits per heavy atom. The van der Waals surface area contributed by atoms with Crippen LogP contribution in [0.5, 0.6) is 0 Å². The number of carboxylic acid groups (broad SMARTS) is 1. The third-order valence-corrected chi connectivity index (χ3v) is 11.6. The van der Waals surface area contributed by atoms with Gasteiger partial charge in [-0.2, -0.15) is 0 Å². The van der Waals surface area contributed by atoms with Crippen LogP contribution in [0.1, 0.15) is 239 Å². The maximum atomic E-state index is 12.8. The van der Waals surface area contributed by atoms with Gasteiger partial charge in [0.15, 0.2) is 6.10 Å². The molecule has 0 spiro atoms. The highest BCUT2D eigenvalue weighted by Crippen LogP contribution is 2.16. The van der Waals surface area contributed by atoms with Crippen LogP contribution >= 0.6 is 0 Å². The summed E-state index contributed by atoms with van der Waals surface area (Å²) in [6.07, 6.45) is 49.1. The average molecular weight is 848 g/mol. The second-order valence-corrected chi connectivity index (χ2v) is 18.4. The predicted molar refractivity (Wildman–Crippen MR) is 250 cm³/mol. The number of carbonyl (C=O) groups is 3. The van der Waals surface area contributed by atoms with Crippen LogP contribution in [0.3, 0.4) is 0 Å². The van der Waals surface area contributed by atoms with Crippen molar-refractivity contribution < 1.29 is 38.2 Å². The monoisotopic (exact) mass is 848 g/mol. The van der Waals surface area contributed by atoms with Crippen molar-refractivity contribution in [1.29, 1.82) is 0 Å². The maximum Gasteiger partial charge on any atom is 0.306 e. The number of esters is 2. The van der Waals surface area contributed by atoms with E-state index in [1.807, 2.05) is 21.1 Å². The number of hydrogen-bond acceptors (Lipinski definition) is 7. The molecule has 0 aliphatic heterocycles. The third kappa shape index (κ3) is 41.2. The molecule has 0 aromatic carbocycles. The fourth-order valence-electron chi connectivity index (χ4n) is 7.65. The molecule has 2 atom stereocenters. The van der Waals surface area contributed by atoms with Gasteiger partial charge < -0.3 is 28.6 Å². The van der Waals surface area contributed by atoms with Gasteiger partial charge in [0, 0.05) is 19.3 Å². The van der Waals surface area contributed by atoms with Gasteiger partial charge in [-0.25, -0.2) is 0 Å². The van der Waals surface area contributed by atoms with E-state index in [-0.39, 0.29) is 42.7 Å². The highest BCUT2D eigenvalue weighted by molar-refractivity contribution is 5.70. The van der Waals surface area contributed by atoms with Crippen molar-refractivity contribution in [1.82, 2.24) is 0 Å². The lowest BCUT2D eigenvalue weighted by atomic mass is 10.0. The van der Waals surface area contributed by atoms with Crippen LogP contribution in [-0.2, 0) is 28.6 Å². The number of carboxylic acids is 1. The van der Waals surface area contributed by atoms with Gasteiger partial charge in [0.05, 0.1) is 40.3 Å². The molecule has 0 aromatic rings. The van der Waals surface area contributed by atoms with E-state index in [0.29, 0.717) is 12.8 Å². The Morgan fingerprint density at radius 2 is 0.867 bits per heavy atom. The maximum absolute atomic E-state index is 12.8. The summed E-state index contributed by atoms with van der Waals surface area (Å²) in [6.45, 7) is 4.68. The molecule has 352 valence electrons. The van der Waals surface area contributed by atoms with Crippen LogP contribution in [0.4, 0.5) is 0 Å². The standard InChI is InChI=1S/C52H97NO7/c1-6-8-10-12-14-16-18-20-22-24-25-26-27-29-30-32-34-36-38-40-42-50(54)59-47-48(46-58-45-44-49(52(56)57)53(3,4)5)60-51(55)43-41-39-37-35-33-31-28-23-21-19-17-15-13-11-9-7-2/h16,18,20,22,48-49H,6-15,17,19,21,23-47H2,1-5H3/b18-16+,22-20+. The minimum Gasteiger partial charge on any atom is -0.544 e. The number of aliphatic carboxylic acids is 1. The Hall–Kier alpha value is -2.19. The van der Waals surface area contributed by atoms with Gasteiger partial charge in [-0.15, -0.1) is 0 Å². The molecule has 0 bridgehead atoms. The number of rotatable bonds is 46. The van der Waals surface area contributed by atoms with E-state index in [0.717, 1.165) is 38.5 Å². The van der Waals surface area contributed by atoms with Crippen molar-refractivity contribution >= 4 is 17.9 Å². The quantitative estimate of drug-likeness (QED) is 0.0260. The fraction of sp³-hybridized carbons (Fsp3) is 0.865. The lowest BCUT2D eigenvalue weighted by molar-refractivity contribution is -0.889. The Bertz CT molecular complexity index is 1040. The smallest absolute Gasteiger partial charge is 0.306 e. The van der Waals surface area contributed by atoms with Gasteiger partial charge in [-0.1, -0.05) is 205 Å². The van der Waals surface area contributed by atoms with Crippen LogP contribution in [0.25, 0.3) is 0 Å². The number of nitrogens with zero attached hydrogens (tertiary/aromatic N) is 1. The lowest BCUT2D eigenvalue weighted by Gasteiger charge is -2.34. The van der Waals surface area contributed by atoms with Gasteiger partial charge in [0.1, 0.15) is 12.6 Å². The van der Waals surface area contributed by atoms with E-state index in [9.17, 15) is 19.5 Å². The van der Waals surface area contributed by atoms with Crippen LogP contribution < -0.4 is 5.11 Å². The zero-order chi connectivity index (χ0) is 44.2. The second-order valence-electron chi connectivity index (χ2n) is 18.4. The molecule has 0 aliphatic rings. The largest absolute Gasteiger partial charge is 0.544 e. The van der Waals surface area contributed by atoms with Gasteiger partial charge >= 0.3 is 11.9 Å². The van der Waals surface area contributed by atoms with Gasteiger partial charge in [0.25, 0.3) is 0 Å². The van der Waals surface area contributed by atoms with E-state index in [2.05, 4.69) is 38.2 Å². The van der Waals surface area contributed by atoms with E-state index in [1.54, 1.807) is 0 Å². The first-order chi connectivity index (χ1) is 29.1. The summed E-state index contributed by atoms with van der Waals surface area (Å²) in [7, 11) is 5.42. The number of allylic oxidation sites excluding steroid dienone is 4. The fourth-order valence-corrected chi connectivity index (χ4v) is 7.65. The summed E-state index contributed by atoms with van der Waals surface area (Å²) in [5.41, 5.74) is 0. The van der Waals surface area contributed by atoms with Crippen molar-refractivity contribution in [3.63, 3.8) is 0 Å². The van der Waals surface area contributed by atoms with Crippen LogP contribution in [-0.4, -0.2) is 75.5 Å². The van der Waals surface area contributed by atoms with Gasteiger partial charge in [-0.05, 0) is 38.5 Å². The normalized spacial score (nSPS) is 13.0. The molecule has 0 N–H and O–H groups in total. The third-order valence-electron chi connectivity index (χ3n) is 11.6. The summed E-state index contributed by atoms with van der Waals surface area (Å²) in [4.78, 5) is 37.0. The molecule has 0 heterocycles. The molecule has 0 saturated carbocycles. The first kappa shape index (κ1) is 57.8. The highest BCUT2D eigenvalue weighted by Gasteiger charge is 2.25. The minimum atomic E-state index is -1.12. The van der Waals surface area contributed by atoms with Crippen molar-refractivity contribution in [2.24, 2.45) is 0 Å². The predicted octanol–water partition coefficient (Wildman–Crippen LogP) is 13.1. The number of likely N-dealkylation sites (N-methyl/N-ethyl adjacent to an activating group) is 1. The molecule has 0 rings (SSSR count). The second kappa shape index (κ2) is 43.5. The summed E-state index contributed by atoms with van der Waals surface area (Å²) in [5, 5.41) is 11.7. The van der Waals surface area contributed by atoms with Crippen LogP contribution in [0, 0.1) is 0 Å². The minimum absolute atomic E-state index is 0.0445. The molecular weight excluding hydrogens is 751 g/mol. The van der Waals surface area contributed by atoms with E-state index in [4.69, 9.17) is 14.2 Å². The number of quaternary nitrogens is 1. The molecule has 0 aromatic heterocycles. The Kier molecular flexibility index (Phi) is 41.9. The molecule has 0 aliphatic carbocycles. The Morgan fingerprint density at radius 3 is 1.27 bits per heavy atom. The Balaban J connectivity index is 4.22. The van der Waals surface area contributed by atoms with Crippen LogP contribution in [0.2, 0.25) is 0 Å². The summed E-state index contributed by atoms with van der Waals surface area (Å²) >= 11 is 0. The SMILES string of the molecule is CCCCCC/C=C/C=C/CCCCCCCCCCCCC(=O)OCC(COCCC(C(=O)[O-])[N+](C)(C)C)OC(=O)CCCCCCCCCCCCCCCCCC. The molecule has 60 heavy (non-hydrogen) atoms. The number of hydrogen-bond donors (Lipinski definition) is 0. The van der Waals surface area contributed by atoms with Crippen LogP contribution in [0.15, 0.2) is 24.3 Å². The van der Waals surface area contributed by atoms with Crippen molar-refractivity contribution in [2.75, 3.05) is 41.0 Å². The topological polar surface area (TPSA) is 102 Å². The number of ether oxygens (including phenoxy) is 3. The van der Waals surface area contributed by atoms with Crippen molar-refractivity contribution in [3.05, 3.63) is 24.3 Å². The summed E-state index contributed by atoms with van der Waals surface area (Å²) < 4.78 is 17.2. The van der Waals surface area contributed by atoms with Crippen molar-refractivity contribution in [3.8, 4) is 0 Å². The average Bonchev–Trinajstić information content (AvgIpc) is 3.21. The number of unbranched alkanes of at least 4 members (excludes halogenated alkanes) is 29. The molecular formula is C52H97NO7. The lowest BCUT2D eigenvalue weighted by Crippen LogP contribution is -2.55. The molecule has 0 saturated heterocycles. The molecule has 0 amide bonds. The molecule has 0 fully saturated rings. The molecule has 8 heteroatoms. The molecule has 2 unspecified atom stereocenters. The first-order valence-corrected chi connectivity index (χ1v) is 25.4. The van der Waals surface area contributed by atoms with E-state index in [1.165, 1.54) is 167 Å². The first-order valence-electron chi connectivity index (χ1n) is 25.4. The zero-order valence-corrected chi connectivity index (χ0v) is 40.1. The highest BCUT2D eigenvalue weighted by atomic mass is 16.6. The van der Waals surface area contributed by atoms with E-state index < -0.39 is 18.1 Å². The van der Waals surface area contributed by atoms with Gasteiger partial charge in [-0.3, -0.25) is 9.59 Å². The van der Waals surface area contributed by atoms with Crippen molar-refractivity contribution in [2.45, 2.75) is 251 Å². The molecule has 0 radical (unpaired) electrons. The molecule has 8 nitrogen and oxygen atoms in total. The summed E-state index contributed by atoms with van der Waals surface area (Å²) in [5.74, 6) is -1.72.